The van der Waals surface area contributed by atoms with E-state index in [-0.39, 0.29) is 37.2 Å². The second-order valence-corrected chi connectivity index (χ2v) is 25.2. The fraction of sp³-hybridized carbons (Fsp3) is 0.380. The fourth-order valence-corrected chi connectivity index (χ4v) is 10.7. The summed E-state index contributed by atoms with van der Waals surface area (Å²) in [7, 11) is 19.9. The fourth-order valence-electron chi connectivity index (χ4n) is 10.7. The maximum absolute atomic E-state index is 6.34. The summed E-state index contributed by atoms with van der Waals surface area (Å²) in [6.07, 6.45) is 20.2. The highest BCUT2D eigenvalue weighted by Gasteiger charge is 2.20. The van der Waals surface area contributed by atoms with Crippen LogP contribution in [0.2, 0.25) is 0 Å². The number of H-pyrrole nitrogens is 2. The molecule has 0 atom stereocenters. The lowest BCUT2D eigenvalue weighted by molar-refractivity contribution is -0.870. The first-order chi connectivity index (χ1) is 39.5. The van der Waals surface area contributed by atoms with Crippen LogP contribution in [0.5, 0.6) is 23.0 Å². The molecule has 5 heterocycles. The molecule has 2 aliphatic heterocycles. The number of aromatic amines is 2. The van der Waals surface area contributed by atoms with Crippen LogP contribution in [0.4, 0.5) is 0 Å². The van der Waals surface area contributed by atoms with Crippen molar-refractivity contribution >= 4 is 46.4 Å². The lowest BCUT2D eigenvalue weighted by atomic mass is 10.0. The highest BCUT2D eigenvalue weighted by Crippen LogP contribution is 2.40. The molecule has 2 N–H and O–H groups in total. The first-order valence-electron chi connectivity index (χ1n) is 30.0. The minimum absolute atomic E-state index is 0. The number of fused-ring (bicyclic) bond motifs is 8. The largest absolute Gasteiger partial charge is 1.00 e. The summed E-state index contributed by atoms with van der Waals surface area (Å²) in [5, 5.41) is 0. The van der Waals surface area contributed by atoms with Gasteiger partial charge in [-0.1, -0.05) is 94.0 Å². The topological polar surface area (TPSA) is 94.3 Å². The van der Waals surface area contributed by atoms with E-state index in [1.54, 1.807) is 0 Å². The molecule has 14 heteroatoms. The Balaban J connectivity index is 0.00000386. The number of nitrogens with one attached hydrogen (secondary N) is 2. The minimum Gasteiger partial charge on any atom is -1.00 e. The first kappa shape index (κ1) is 67.6. The lowest BCUT2D eigenvalue weighted by Crippen LogP contribution is -3.00. The van der Waals surface area contributed by atoms with Crippen molar-refractivity contribution in [2.24, 2.45) is 0 Å². The molecule has 0 saturated heterocycles. The molecule has 0 aliphatic carbocycles. The minimum atomic E-state index is 0. The van der Waals surface area contributed by atoms with Crippen LogP contribution in [-0.2, 0) is 0 Å². The number of unbranched alkanes of at least 4 members (excludes halogenated alkanes) is 6. The zero-order valence-corrected chi connectivity index (χ0v) is 54.1. The van der Waals surface area contributed by atoms with E-state index >= 15 is 0 Å². The summed E-state index contributed by atoms with van der Waals surface area (Å²) in [6.45, 7) is 8.04. The predicted molar refractivity (Wildman–Crippen MR) is 343 cm³/mol. The van der Waals surface area contributed by atoms with Crippen molar-refractivity contribution in [1.82, 2.24) is 19.9 Å². The summed E-state index contributed by atoms with van der Waals surface area (Å²) in [5.74, 6) is 3.40. The number of halogens is 3. The normalized spacial score (nSPS) is 12.1. The summed E-state index contributed by atoms with van der Waals surface area (Å²) in [4.78, 5) is 19.0. The second kappa shape index (κ2) is 31.2. The van der Waals surface area contributed by atoms with Gasteiger partial charge in [0.25, 0.3) is 0 Å². The van der Waals surface area contributed by atoms with Gasteiger partial charge in [0, 0.05) is 63.6 Å². The molecule has 0 saturated carbocycles. The molecule has 2 aliphatic rings. The summed E-state index contributed by atoms with van der Waals surface area (Å²) in [5.41, 5.74) is 15.1. The van der Waals surface area contributed by atoms with Gasteiger partial charge in [-0.15, -0.1) is 0 Å². The average molecular weight is 1210 g/mol. The van der Waals surface area contributed by atoms with E-state index in [2.05, 4.69) is 226 Å². The quantitative estimate of drug-likeness (QED) is 0.0411. The van der Waals surface area contributed by atoms with E-state index in [0.717, 1.165) is 171 Å². The number of benzene rings is 4. The van der Waals surface area contributed by atoms with Gasteiger partial charge in [0.15, 0.2) is 0 Å². The number of rotatable bonds is 28. The molecule has 8 bridgehead atoms. The number of ether oxygens (including phenoxy) is 4. The van der Waals surface area contributed by atoms with Gasteiger partial charge >= 0.3 is 0 Å². The summed E-state index contributed by atoms with van der Waals surface area (Å²) in [6, 6.07) is 42.7. The Morgan fingerprint density at radius 1 is 0.306 bits per heavy atom. The molecular formula is C71H90Cl3N7O4. The van der Waals surface area contributed by atoms with Crippen LogP contribution in [0.1, 0.15) is 93.9 Å². The van der Waals surface area contributed by atoms with Crippen LogP contribution >= 0.6 is 0 Å². The van der Waals surface area contributed by atoms with Crippen molar-refractivity contribution in [3.63, 3.8) is 0 Å². The molecule has 3 aromatic heterocycles. The average Bonchev–Trinajstić information content (AvgIpc) is 3.09. The molecule has 7 aromatic rings. The van der Waals surface area contributed by atoms with Crippen LogP contribution in [0.3, 0.4) is 0 Å². The van der Waals surface area contributed by atoms with Gasteiger partial charge in [0.2, 0.25) is 0 Å². The van der Waals surface area contributed by atoms with Crippen molar-refractivity contribution < 1.29 is 69.6 Å². The molecule has 0 spiro atoms. The van der Waals surface area contributed by atoms with Crippen molar-refractivity contribution in [2.75, 3.05) is 109 Å². The Kier molecular flexibility index (Phi) is 24.8. The van der Waals surface area contributed by atoms with E-state index in [1.165, 1.54) is 38.5 Å². The lowest BCUT2D eigenvalue weighted by Gasteiger charge is -2.23. The Bertz CT molecular complexity index is 3400. The highest BCUT2D eigenvalue weighted by molar-refractivity contribution is 6.00. The molecule has 9 rings (SSSR count). The maximum Gasteiger partial charge on any atom is 0.119 e. The van der Waals surface area contributed by atoms with Gasteiger partial charge in [-0.25, -0.2) is 9.97 Å². The van der Waals surface area contributed by atoms with Gasteiger partial charge in [0.1, 0.15) is 23.0 Å². The Labute approximate surface area is 525 Å². The third kappa shape index (κ3) is 19.2. The van der Waals surface area contributed by atoms with Crippen molar-refractivity contribution in [3.05, 3.63) is 144 Å². The van der Waals surface area contributed by atoms with E-state index < -0.39 is 0 Å². The Morgan fingerprint density at radius 3 is 0.788 bits per heavy atom. The van der Waals surface area contributed by atoms with E-state index in [4.69, 9.17) is 28.9 Å². The van der Waals surface area contributed by atoms with Gasteiger partial charge < -0.3 is 79.6 Å². The SMILES string of the molecule is CCCCCCCCCOc1ccc(-c2c3nc(c(-c4ccc(OCCC[N+](C)(C)C)cc4)c4ccc([nH]4)c(-c4ccc(OCCC[N+](C)(C)C)cc4)c4nc(c(-c5ccc(OCCC[N+](C)(C)C)cc5)c5ccc2[nH]5)C=C4)C=C3)cc1.[Cl-].[Cl-].[Cl-]. The molecule has 454 valence electrons. The zero-order valence-electron chi connectivity index (χ0n) is 51.9. The smallest absolute Gasteiger partial charge is 0.119 e. The van der Waals surface area contributed by atoms with Gasteiger partial charge in [-0.2, -0.15) is 0 Å². The zero-order chi connectivity index (χ0) is 57.7. The van der Waals surface area contributed by atoms with Gasteiger partial charge in [-0.3, -0.25) is 0 Å². The molecule has 0 amide bonds. The number of nitrogens with zero attached hydrogens (tertiary/aromatic N) is 5. The second-order valence-electron chi connectivity index (χ2n) is 25.2. The number of hydrogen-bond donors (Lipinski definition) is 2. The summed E-state index contributed by atoms with van der Waals surface area (Å²) >= 11 is 0. The predicted octanol–water partition coefficient (Wildman–Crippen LogP) is 6.89. The van der Waals surface area contributed by atoms with Crippen molar-refractivity contribution in [1.29, 1.82) is 0 Å². The first-order valence-corrected chi connectivity index (χ1v) is 30.0. The number of quaternary nitrogens is 3. The van der Waals surface area contributed by atoms with E-state index in [1.807, 2.05) is 0 Å². The monoisotopic (exact) mass is 1210 g/mol. The Morgan fingerprint density at radius 2 is 0.541 bits per heavy atom. The third-order valence-corrected chi connectivity index (χ3v) is 15.1. The highest BCUT2D eigenvalue weighted by atomic mass is 35.5. The van der Waals surface area contributed by atoms with Crippen molar-refractivity contribution in [3.8, 4) is 67.5 Å². The molecule has 4 aromatic carbocycles. The molecule has 0 radical (unpaired) electrons. The molecule has 0 unspecified atom stereocenters. The molecule has 0 fully saturated rings. The van der Waals surface area contributed by atoms with E-state index in [0.29, 0.717) is 26.4 Å². The third-order valence-electron chi connectivity index (χ3n) is 15.1. The number of hydrogen-bond acceptors (Lipinski definition) is 6. The van der Waals surface area contributed by atoms with Gasteiger partial charge in [0.05, 0.1) is 132 Å². The number of aromatic nitrogens is 4. The van der Waals surface area contributed by atoms with Crippen LogP contribution in [0.25, 0.3) is 90.9 Å². The van der Waals surface area contributed by atoms with E-state index in [9.17, 15) is 0 Å². The van der Waals surface area contributed by atoms with Gasteiger partial charge in [-0.05, 0) is 126 Å². The molecule has 85 heavy (non-hydrogen) atoms. The van der Waals surface area contributed by atoms with Crippen LogP contribution in [-0.4, -0.2) is 143 Å². The van der Waals surface area contributed by atoms with Crippen molar-refractivity contribution in [2.45, 2.75) is 71.1 Å². The summed E-state index contributed by atoms with van der Waals surface area (Å²) < 4.78 is 27.9. The maximum atomic E-state index is 6.34. The Hall–Kier alpha value is -6.57. The van der Waals surface area contributed by atoms with Crippen LogP contribution < -0.4 is 56.2 Å². The van der Waals surface area contributed by atoms with Crippen LogP contribution in [0, 0.1) is 0 Å². The molecular weight excluding hydrogens is 1120 g/mol. The standard InChI is InChI=1S/C71H90N7O4.3ClH/c1-11-12-13-14-15-16-17-48-79-56-29-21-52(22-30-56)68-60-37-39-62(72-60)69(53-23-31-57(32-24-53)80-49-18-45-76(2,3)4)64-41-43-66(74-64)71(55-27-35-59(36-28-55)82-51-20-47-78(8,9)10)67-44-42-65(75-67)70(63-40-38-61(68)73-63)54-25-33-58(34-26-54)81-50-19-46-77(5,6)7;;;/h21-44,72,75H,11-20,45-51H2,1-10H3;3*1H/q+3;;;/p-3. The van der Waals surface area contributed by atoms with Crippen LogP contribution in [0.15, 0.2) is 121 Å². The molecule has 11 nitrogen and oxygen atoms in total.